The summed E-state index contributed by atoms with van der Waals surface area (Å²) >= 11 is 5.85. The van der Waals surface area contributed by atoms with Crippen molar-refractivity contribution in [3.05, 3.63) is 17.3 Å². The summed E-state index contributed by atoms with van der Waals surface area (Å²) in [7, 11) is 0. The number of aromatic nitrogens is 3. The Bertz CT molecular complexity index is 597. The number of anilines is 1. The molecule has 7 heteroatoms. The zero-order valence-electron chi connectivity index (χ0n) is 10.6. The topological polar surface area (TPSA) is 83.0 Å². The van der Waals surface area contributed by atoms with E-state index < -0.39 is 0 Å². The summed E-state index contributed by atoms with van der Waals surface area (Å²) in [5, 5.41) is 0.517. The van der Waals surface area contributed by atoms with Crippen LogP contribution in [0.4, 0.5) is 5.95 Å². The first-order valence-corrected chi connectivity index (χ1v) is 6.42. The first-order chi connectivity index (χ1) is 9.11. The number of hydrogen-bond donors (Lipinski definition) is 1. The molecule has 19 heavy (non-hydrogen) atoms. The Kier molecular flexibility index (Phi) is 4.21. The highest BCUT2D eigenvalue weighted by Crippen LogP contribution is 2.19. The summed E-state index contributed by atoms with van der Waals surface area (Å²) in [5.41, 5.74) is 7.16. The molecule has 0 saturated carbocycles. The molecule has 0 amide bonds. The Balaban J connectivity index is 2.08. The van der Waals surface area contributed by atoms with Crippen LogP contribution in [-0.4, -0.2) is 27.1 Å². The molecule has 0 spiro atoms. The number of pyridine rings is 1. The predicted octanol–water partition coefficient (Wildman–Crippen LogP) is 2.01. The molecule has 0 aliphatic heterocycles. The molecule has 2 rings (SSSR count). The number of esters is 1. The number of imidazole rings is 1. The van der Waals surface area contributed by atoms with Gasteiger partial charge in [-0.05, 0) is 19.4 Å². The zero-order chi connectivity index (χ0) is 13.8. The molecule has 0 unspecified atom stereocenters. The normalized spacial score (nSPS) is 10.8. The van der Waals surface area contributed by atoms with Crippen LogP contribution >= 0.6 is 11.6 Å². The summed E-state index contributed by atoms with van der Waals surface area (Å²) in [6, 6.07) is 1.71. The van der Waals surface area contributed by atoms with E-state index in [9.17, 15) is 4.79 Å². The number of nitrogens with zero attached hydrogens (tertiary/aromatic N) is 3. The molecule has 0 fully saturated rings. The van der Waals surface area contributed by atoms with E-state index in [1.54, 1.807) is 23.8 Å². The minimum Gasteiger partial charge on any atom is -0.466 e. The highest BCUT2D eigenvalue weighted by atomic mass is 35.5. The van der Waals surface area contributed by atoms with Gasteiger partial charge < -0.3 is 10.5 Å². The van der Waals surface area contributed by atoms with E-state index in [1.807, 2.05) is 0 Å². The SMILES string of the molecule is CCOC(=O)CCCn1c(N)nc2cc(Cl)cnc21. The lowest BCUT2D eigenvalue weighted by Gasteiger charge is -2.05. The first-order valence-electron chi connectivity index (χ1n) is 6.04. The maximum atomic E-state index is 11.3. The monoisotopic (exact) mass is 282 g/mol. The van der Waals surface area contributed by atoms with Gasteiger partial charge in [-0.15, -0.1) is 0 Å². The van der Waals surface area contributed by atoms with Crippen LogP contribution < -0.4 is 5.73 Å². The molecular weight excluding hydrogens is 268 g/mol. The number of nitrogen functional groups attached to an aromatic ring is 1. The van der Waals surface area contributed by atoms with Crippen LogP contribution in [0, 0.1) is 0 Å². The lowest BCUT2D eigenvalue weighted by atomic mass is 10.3. The Morgan fingerprint density at radius 3 is 3.11 bits per heavy atom. The third kappa shape index (κ3) is 3.14. The summed E-state index contributed by atoms with van der Waals surface area (Å²) in [5.74, 6) is 0.162. The first kappa shape index (κ1) is 13.6. The Labute approximate surface area is 115 Å². The minimum absolute atomic E-state index is 0.207. The predicted molar refractivity (Wildman–Crippen MR) is 72.8 cm³/mol. The number of carbonyl (C=O) groups excluding carboxylic acids is 1. The molecular formula is C12H15ClN4O2. The van der Waals surface area contributed by atoms with E-state index in [0.29, 0.717) is 48.1 Å². The van der Waals surface area contributed by atoms with E-state index in [2.05, 4.69) is 9.97 Å². The van der Waals surface area contributed by atoms with Crippen LogP contribution in [0.2, 0.25) is 5.02 Å². The van der Waals surface area contributed by atoms with E-state index in [4.69, 9.17) is 22.1 Å². The van der Waals surface area contributed by atoms with E-state index in [0.717, 1.165) is 0 Å². The van der Waals surface area contributed by atoms with Gasteiger partial charge in [-0.3, -0.25) is 9.36 Å². The van der Waals surface area contributed by atoms with E-state index in [1.165, 1.54) is 0 Å². The Morgan fingerprint density at radius 2 is 2.37 bits per heavy atom. The molecule has 0 aliphatic rings. The van der Waals surface area contributed by atoms with Crippen molar-refractivity contribution in [1.29, 1.82) is 0 Å². The van der Waals surface area contributed by atoms with Gasteiger partial charge >= 0.3 is 5.97 Å². The number of aryl methyl sites for hydroxylation is 1. The van der Waals surface area contributed by atoms with Gasteiger partial charge in [0.1, 0.15) is 5.52 Å². The van der Waals surface area contributed by atoms with Gasteiger partial charge in [-0.25, -0.2) is 9.97 Å². The van der Waals surface area contributed by atoms with Crippen LogP contribution in [0.1, 0.15) is 19.8 Å². The average molecular weight is 283 g/mol. The number of rotatable bonds is 5. The molecule has 0 bridgehead atoms. The zero-order valence-corrected chi connectivity index (χ0v) is 11.4. The third-order valence-corrected chi connectivity index (χ3v) is 2.86. The second-order valence-corrected chi connectivity index (χ2v) is 4.46. The van der Waals surface area contributed by atoms with Crippen molar-refractivity contribution in [2.45, 2.75) is 26.3 Å². The highest BCUT2D eigenvalue weighted by molar-refractivity contribution is 6.31. The van der Waals surface area contributed by atoms with Crippen LogP contribution in [0.25, 0.3) is 11.2 Å². The fourth-order valence-electron chi connectivity index (χ4n) is 1.84. The van der Waals surface area contributed by atoms with Gasteiger partial charge in [-0.1, -0.05) is 11.6 Å². The van der Waals surface area contributed by atoms with Crippen LogP contribution in [-0.2, 0) is 16.1 Å². The van der Waals surface area contributed by atoms with Crippen molar-refractivity contribution in [2.24, 2.45) is 0 Å². The Morgan fingerprint density at radius 1 is 1.58 bits per heavy atom. The summed E-state index contributed by atoms with van der Waals surface area (Å²) in [6.07, 6.45) is 2.52. The van der Waals surface area contributed by atoms with Crippen molar-refractivity contribution < 1.29 is 9.53 Å². The number of fused-ring (bicyclic) bond motifs is 1. The van der Waals surface area contributed by atoms with Crippen molar-refractivity contribution >= 4 is 34.7 Å². The molecule has 0 radical (unpaired) electrons. The van der Waals surface area contributed by atoms with Gasteiger partial charge in [-0.2, -0.15) is 0 Å². The summed E-state index contributed by atoms with van der Waals surface area (Å²) < 4.78 is 6.64. The lowest BCUT2D eigenvalue weighted by Crippen LogP contribution is -2.08. The number of halogens is 1. The number of carbonyl (C=O) groups is 1. The van der Waals surface area contributed by atoms with Gasteiger partial charge in [0.15, 0.2) is 5.65 Å². The van der Waals surface area contributed by atoms with Gasteiger partial charge in [0.2, 0.25) is 5.95 Å². The lowest BCUT2D eigenvalue weighted by molar-refractivity contribution is -0.143. The maximum absolute atomic E-state index is 11.3. The molecule has 2 aromatic heterocycles. The van der Waals surface area contributed by atoms with Gasteiger partial charge in [0, 0.05) is 19.2 Å². The standard InChI is InChI=1S/C12H15ClN4O2/c1-2-19-10(18)4-3-5-17-11-9(16-12(17)14)6-8(13)7-15-11/h6-7H,2-5H2,1H3,(H2,14,16). The molecule has 102 valence electrons. The molecule has 0 aliphatic carbocycles. The number of ether oxygens (including phenoxy) is 1. The third-order valence-electron chi connectivity index (χ3n) is 2.65. The molecule has 0 aromatic carbocycles. The molecule has 2 heterocycles. The summed E-state index contributed by atoms with van der Waals surface area (Å²) in [6.45, 7) is 2.75. The van der Waals surface area contributed by atoms with Crippen molar-refractivity contribution in [3.8, 4) is 0 Å². The van der Waals surface area contributed by atoms with Crippen LogP contribution in [0.15, 0.2) is 12.3 Å². The average Bonchev–Trinajstić information content (AvgIpc) is 2.65. The Hall–Kier alpha value is -1.82. The van der Waals surface area contributed by atoms with Crippen molar-refractivity contribution in [3.63, 3.8) is 0 Å². The van der Waals surface area contributed by atoms with E-state index >= 15 is 0 Å². The quantitative estimate of drug-likeness (QED) is 0.848. The van der Waals surface area contributed by atoms with Gasteiger partial charge in [0.05, 0.1) is 11.6 Å². The van der Waals surface area contributed by atoms with Gasteiger partial charge in [0.25, 0.3) is 0 Å². The molecule has 6 nitrogen and oxygen atoms in total. The molecule has 2 aromatic rings. The van der Waals surface area contributed by atoms with Crippen molar-refractivity contribution in [2.75, 3.05) is 12.3 Å². The molecule has 0 atom stereocenters. The summed E-state index contributed by atoms with van der Waals surface area (Å²) in [4.78, 5) is 19.6. The fraction of sp³-hybridized carbons (Fsp3) is 0.417. The number of nitrogens with two attached hydrogens (primary N) is 1. The van der Waals surface area contributed by atoms with Crippen molar-refractivity contribution in [1.82, 2.24) is 14.5 Å². The second-order valence-electron chi connectivity index (χ2n) is 4.03. The molecule has 0 saturated heterocycles. The fourth-order valence-corrected chi connectivity index (χ4v) is 1.99. The number of hydrogen-bond acceptors (Lipinski definition) is 5. The molecule has 2 N–H and O–H groups in total. The minimum atomic E-state index is -0.207. The second kappa shape index (κ2) is 5.88. The smallest absolute Gasteiger partial charge is 0.305 e. The maximum Gasteiger partial charge on any atom is 0.305 e. The largest absolute Gasteiger partial charge is 0.466 e. The van der Waals surface area contributed by atoms with Crippen LogP contribution in [0.3, 0.4) is 0 Å². The highest BCUT2D eigenvalue weighted by Gasteiger charge is 2.10. The van der Waals surface area contributed by atoms with Crippen LogP contribution in [0.5, 0.6) is 0 Å². The van der Waals surface area contributed by atoms with E-state index in [-0.39, 0.29) is 5.97 Å².